The zero-order valence-electron chi connectivity index (χ0n) is 20.2. The molecule has 5 rings (SSSR count). The number of fused-ring (bicyclic) bond motifs is 1. The van der Waals surface area contributed by atoms with Gasteiger partial charge in [-0.25, -0.2) is 9.97 Å². The summed E-state index contributed by atoms with van der Waals surface area (Å²) in [5, 5.41) is 3.64. The molecule has 1 amide bonds. The highest BCUT2D eigenvalue weighted by atomic mass is 16.5. The van der Waals surface area contributed by atoms with E-state index in [0.29, 0.717) is 33.8 Å². The van der Waals surface area contributed by atoms with Crippen LogP contribution in [-0.2, 0) is 7.05 Å². The van der Waals surface area contributed by atoms with Crippen LogP contribution in [0.15, 0.2) is 90.0 Å². The maximum absolute atomic E-state index is 13.3. The second kappa shape index (κ2) is 9.50. The lowest BCUT2D eigenvalue weighted by Crippen LogP contribution is -2.31. The molecule has 1 atom stereocenters. The zero-order chi connectivity index (χ0) is 25.2. The number of carbonyl (C=O) groups is 1. The quantitative estimate of drug-likeness (QED) is 0.398. The second-order valence-corrected chi connectivity index (χ2v) is 8.44. The highest BCUT2D eigenvalue weighted by Gasteiger charge is 2.22. The van der Waals surface area contributed by atoms with Crippen LogP contribution < -0.4 is 15.6 Å². The van der Waals surface area contributed by atoms with Crippen molar-refractivity contribution in [2.24, 2.45) is 7.05 Å². The third kappa shape index (κ3) is 4.24. The molecule has 1 N–H and O–H groups in total. The fraction of sp³-hybridized carbons (Fsp3) is 0.143. The Hall–Kier alpha value is -4.72. The number of amides is 1. The predicted octanol–water partition coefficient (Wildman–Crippen LogP) is 3.96. The van der Waals surface area contributed by atoms with Gasteiger partial charge >= 0.3 is 0 Å². The van der Waals surface area contributed by atoms with Crippen molar-refractivity contribution in [3.05, 3.63) is 118 Å². The first-order chi connectivity index (χ1) is 17.5. The first-order valence-corrected chi connectivity index (χ1v) is 11.5. The molecule has 0 saturated carbocycles. The molecule has 8 nitrogen and oxygen atoms in total. The molecule has 0 fully saturated rings. The summed E-state index contributed by atoms with van der Waals surface area (Å²) in [7, 11) is 3.50. The van der Waals surface area contributed by atoms with E-state index in [1.54, 1.807) is 55.1 Å². The summed E-state index contributed by atoms with van der Waals surface area (Å²) in [5.41, 5.74) is 2.49. The largest absolute Gasteiger partial charge is 0.497 e. The van der Waals surface area contributed by atoms with Crippen LogP contribution in [0.2, 0.25) is 0 Å². The Bertz CT molecular complexity index is 1600. The number of para-hydroxylation sites is 1. The number of aryl methyl sites for hydroxylation is 2. The maximum atomic E-state index is 13.3. The normalized spacial score (nSPS) is 11.9. The molecule has 2 aromatic heterocycles. The van der Waals surface area contributed by atoms with Gasteiger partial charge in [0.2, 0.25) is 0 Å². The minimum Gasteiger partial charge on any atom is -0.497 e. The summed E-state index contributed by atoms with van der Waals surface area (Å²) in [5.74, 6) is 1.75. The average Bonchev–Trinajstić information content (AvgIpc) is 3.33. The van der Waals surface area contributed by atoms with Crippen molar-refractivity contribution in [2.75, 3.05) is 7.11 Å². The number of aromatic nitrogens is 4. The van der Waals surface area contributed by atoms with Crippen molar-refractivity contribution in [1.29, 1.82) is 0 Å². The summed E-state index contributed by atoms with van der Waals surface area (Å²) in [4.78, 5) is 35.4. The van der Waals surface area contributed by atoms with Crippen LogP contribution in [0.1, 0.15) is 33.6 Å². The van der Waals surface area contributed by atoms with Gasteiger partial charge in [0.1, 0.15) is 23.4 Å². The molecule has 5 aromatic rings. The van der Waals surface area contributed by atoms with E-state index in [0.717, 1.165) is 11.3 Å². The highest BCUT2D eigenvalue weighted by Crippen LogP contribution is 2.24. The van der Waals surface area contributed by atoms with Gasteiger partial charge in [0.05, 0.1) is 23.7 Å². The Morgan fingerprint density at radius 3 is 2.39 bits per heavy atom. The van der Waals surface area contributed by atoms with E-state index >= 15 is 0 Å². The van der Waals surface area contributed by atoms with Crippen molar-refractivity contribution < 1.29 is 9.53 Å². The summed E-state index contributed by atoms with van der Waals surface area (Å²) < 4.78 is 8.69. The van der Waals surface area contributed by atoms with Gasteiger partial charge in [-0.2, -0.15) is 0 Å². The lowest BCUT2D eigenvalue weighted by molar-refractivity contribution is 0.0941. The third-order valence-electron chi connectivity index (χ3n) is 6.17. The van der Waals surface area contributed by atoms with E-state index in [1.807, 2.05) is 60.3 Å². The number of nitrogens with zero attached hydrogens (tertiary/aromatic N) is 4. The fourth-order valence-electron chi connectivity index (χ4n) is 4.27. The summed E-state index contributed by atoms with van der Waals surface area (Å²) in [6.45, 7) is 1.79. The van der Waals surface area contributed by atoms with Crippen LogP contribution in [-0.4, -0.2) is 32.1 Å². The first kappa shape index (κ1) is 23.0. The Balaban J connectivity index is 1.45. The number of benzene rings is 3. The smallest absolute Gasteiger partial charge is 0.265 e. The van der Waals surface area contributed by atoms with Crippen molar-refractivity contribution in [1.82, 2.24) is 24.4 Å². The number of rotatable bonds is 6. The molecular formula is C28H25N5O3. The molecule has 3 aromatic carbocycles. The maximum Gasteiger partial charge on any atom is 0.265 e. The summed E-state index contributed by atoms with van der Waals surface area (Å²) >= 11 is 0. The number of hydrogen-bond acceptors (Lipinski definition) is 5. The van der Waals surface area contributed by atoms with Crippen LogP contribution in [0.3, 0.4) is 0 Å². The van der Waals surface area contributed by atoms with Gasteiger partial charge in [-0.3, -0.25) is 14.2 Å². The topological polar surface area (TPSA) is 91.0 Å². The molecule has 0 bridgehead atoms. The Labute approximate surface area is 207 Å². The van der Waals surface area contributed by atoms with Gasteiger partial charge in [0, 0.05) is 25.0 Å². The summed E-state index contributed by atoms with van der Waals surface area (Å²) in [6.07, 6.45) is 3.54. The van der Waals surface area contributed by atoms with Gasteiger partial charge in [-0.05, 0) is 61.0 Å². The molecule has 0 aliphatic heterocycles. The monoisotopic (exact) mass is 479 g/mol. The second-order valence-electron chi connectivity index (χ2n) is 8.44. The molecule has 0 spiro atoms. The van der Waals surface area contributed by atoms with E-state index in [4.69, 9.17) is 4.74 Å². The fourth-order valence-corrected chi connectivity index (χ4v) is 4.27. The lowest BCUT2D eigenvalue weighted by atomic mass is 10.0. The van der Waals surface area contributed by atoms with Gasteiger partial charge < -0.3 is 14.6 Å². The summed E-state index contributed by atoms with van der Waals surface area (Å²) in [6, 6.07) is 21.2. The molecule has 0 aliphatic rings. The van der Waals surface area contributed by atoms with Crippen molar-refractivity contribution >= 4 is 16.8 Å². The SMILES string of the molecule is COc1ccc(C(NC(=O)c2ccc(-n3c(C)nc4ccccc4c3=O)cc2)c2nccn2C)cc1. The number of methoxy groups -OCH3 is 1. The molecule has 0 saturated heterocycles. The molecular weight excluding hydrogens is 454 g/mol. The minimum absolute atomic E-state index is 0.148. The Morgan fingerprint density at radius 2 is 1.72 bits per heavy atom. The minimum atomic E-state index is -0.461. The van der Waals surface area contributed by atoms with Gasteiger partial charge in [-0.15, -0.1) is 0 Å². The molecule has 1 unspecified atom stereocenters. The van der Waals surface area contributed by atoms with E-state index < -0.39 is 6.04 Å². The predicted molar refractivity (Wildman–Crippen MR) is 138 cm³/mol. The van der Waals surface area contributed by atoms with E-state index in [2.05, 4.69) is 15.3 Å². The van der Waals surface area contributed by atoms with Crippen LogP contribution in [0.4, 0.5) is 0 Å². The number of ether oxygens (including phenoxy) is 1. The third-order valence-corrected chi connectivity index (χ3v) is 6.17. The van der Waals surface area contributed by atoms with E-state index in [1.165, 1.54) is 0 Å². The van der Waals surface area contributed by atoms with Gasteiger partial charge in [-0.1, -0.05) is 24.3 Å². The first-order valence-electron chi connectivity index (χ1n) is 11.5. The van der Waals surface area contributed by atoms with Crippen LogP contribution in [0.5, 0.6) is 5.75 Å². The Morgan fingerprint density at radius 1 is 1.00 bits per heavy atom. The van der Waals surface area contributed by atoms with Crippen LogP contribution in [0.25, 0.3) is 16.6 Å². The standard InChI is InChI=1S/C28H25N5O3/c1-18-30-24-7-5-4-6-23(24)28(35)33(18)21-12-8-20(9-13-21)27(34)31-25(26-29-16-17-32(26)2)19-10-14-22(36-3)15-11-19/h4-17,25H,1-3H3,(H,31,34). The molecule has 180 valence electrons. The number of carbonyl (C=O) groups excluding carboxylic acids is 1. The van der Waals surface area contributed by atoms with Crippen LogP contribution >= 0.6 is 0 Å². The van der Waals surface area contributed by atoms with Gasteiger partial charge in [0.15, 0.2) is 0 Å². The van der Waals surface area contributed by atoms with E-state index in [9.17, 15) is 9.59 Å². The van der Waals surface area contributed by atoms with Crippen molar-refractivity contribution in [3.8, 4) is 11.4 Å². The van der Waals surface area contributed by atoms with Crippen molar-refractivity contribution in [2.45, 2.75) is 13.0 Å². The molecule has 2 heterocycles. The molecule has 0 aliphatic carbocycles. The van der Waals surface area contributed by atoms with Gasteiger partial charge in [0.25, 0.3) is 11.5 Å². The molecule has 0 radical (unpaired) electrons. The van der Waals surface area contributed by atoms with Crippen molar-refractivity contribution in [3.63, 3.8) is 0 Å². The van der Waals surface area contributed by atoms with Crippen LogP contribution in [0, 0.1) is 6.92 Å². The molecule has 36 heavy (non-hydrogen) atoms. The van der Waals surface area contributed by atoms with E-state index in [-0.39, 0.29) is 11.5 Å². The highest BCUT2D eigenvalue weighted by molar-refractivity contribution is 5.94. The number of nitrogens with one attached hydrogen (secondary N) is 1. The lowest BCUT2D eigenvalue weighted by Gasteiger charge is -2.20. The number of hydrogen-bond donors (Lipinski definition) is 1. The average molecular weight is 480 g/mol. The number of imidazole rings is 1. The molecule has 8 heteroatoms. The zero-order valence-corrected chi connectivity index (χ0v) is 20.2. The Kier molecular flexibility index (Phi) is 6.08.